The van der Waals surface area contributed by atoms with E-state index in [-0.39, 0.29) is 11.7 Å². The standard InChI is InChI=1S/C19H18ClN3O2S/c1-12-3-4-14(9-13(12)2)10-18-22-23-19(25-18)26-11-17(24)21-16-7-5-15(20)6-8-16/h3-9H,10-11H2,1-2H3,(H,21,24). The van der Waals surface area contributed by atoms with E-state index in [4.69, 9.17) is 16.0 Å². The van der Waals surface area contributed by atoms with Gasteiger partial charge in [0.1, 0.15) is 0 Å². The zero-order chi connectivity index (χ0) is 18.5. The van der Waals surface area contributed by atoms with Crippen LogP contribution in [0.15, 0.2) is 52.1 Å². The van der Waals surface area contributed by atoms with Crippen molar-refractivity contribution in [3.05, 3.63) is 70.1 Å². The van der Waals surface area contributed by atoms with Crippen molar-refractivity contribution >= 4 is 35.0 Å². The highest BCUT2D eigenvalue weighted by Crippen LogP contribution is 2.20. The minimum atomic E-state index is -0.147. The van der Waals surface area contributed by atoms with Gasteiger partial charge in [-0.05, 0) is 54.8 Å². The first-order valence-corrected chi connectivity index (χ1v) is 9.42. The smallest absolute Gasteiger partial charge is 0.277 e. The summed E-state index contributed by atoms with van der Waals surface area (Å²) in [4.78, 5) is 12.0. The second-order valence-electron chi connectivity index (χ2n) is 5.90. The molecule has 0 fully saturated rings. The number of benzene rings is 2. The topological polar surface area (TPSA) is 68.0 Å². The molecule has 1 aromatic heterocycles. The number of aromatic nitrogens is 2. The van der Waals surface area contributed by atoms with E-state index in [0.717, 1.165) is 5.56 Å². The lowest BCUT2D eigenvalue weighted by atomic mass is 10.0. The van der Waals surface area contributed by atoms with Gasteiger partial charge in [0, 0.05) is 10.7 Å². The van der Waals surface area contributed by atoms with Crippen LogP contribution in [0.25, 0.3) is 0 Å². The Kier molecular flexibility index (Phi) is 5.96. The van der Waals surface area contributed by atoms with Gasteiger partial charge in [-0.1, -0.05) is 41.6 Å². The average molecular weight is 388 g/mol. The summed E-state index contributed by atoms with van der Waals surface area (Å²) in [5.74, 6) is 0.577. The predicted octanol–water partition coefficient (Wildman–Crippen LogP) is 4.66. The second-order valence-corrected chi connectivity index (χ2v) is 7.26. The lowest BCUT2D eigenvalue weighted by Gasteiger charge is -2.03. The Bertz CT molecular complexity index is 909. The van der Waals surface area contributed by atoms with Gasteiger partial charge in [0.25, 0.3) is 5.22 Å². The van der Waals surface area contributed by atoms with Crippen LogP contribution in [-0.4, -0.2) is 21.9 Å². The zero-order valence-corrected chi connectivity index (χ0v) is 16.0. The van der Waals surface area contributed by atoms with Gasteiger partial charge in [-0.15, -0.1) is 10.2 Å². The van der Waals surface area contributed by atoms with Crippen molar-refractivity contribution in [1.29, 1.82) is 0 Å². The third-order valence-electron chi connectivity index (χ3n) is 3.83. The quantitative estimate of drug-likeness (QED) is 0.623. The maximum atomic E-state index is 12.0. The number of thioether (sulfide) groups is 1. The Morgan fingerprint density at radius 2 is 1.88 bits per heavy atom. The third-order valence-corrected chi connectivity index (χ3v) is 4.90. The van der Waals surface area contributed by atoms with Gasteiger partial charge in [0.15, 0.2) is 0 Å². The highest BCUT2D eigenvalue weighted by Gasteiger charge is 2.11. The van der Waals surface area contributed by atoms with Crippen LogP contribution in [-0.2, 0) is 11.2 Å². The molecule has 0 saturated heterocycles. The number of rotatable bonds is 6. The fourth-order valence-corrected chi connectivity index (χ4v) is 3.02. The lowest BCUT2D eigenvalue weighted by molar-refractivity contribution is -0.113. The van der Waals surface area contributed by atoms with Crippen LogP contribution in [0.4, 0.5) is 5.69 Å². The summed E-state index contributed by atoms with van der Waals surface area (Å²) < 4.78 is 5.62. The van der Waals surface area contributed by atoms with E-state index >= 15 is 0 Å². The summed E-state index contributed by atoms with van der Waals surface area (Å²) in [7, 11) is 0. The van der Waals surface area contributed by atoms with Crippen molar-refractivity contribution in [3.63, 3.8) is 0 Å². The van der Waals surface area contributed by atoms with Gasteiger partial charge >= 0.3 is 0 Å². The molecule has 5 nitrogen and oxygen atoms in total. The number of amides is 1. The Hall–Kier alpha value is -2.31. The van der Waals surface area contributed by atoms with Crippen LogP contribution in [0, 0.1) is 13.8 Å². The van der Waals surface area contributed by atoms with Gasteiger partial charge in [-0.2, -0.15) is 0 Å². The van der Waals surface area contributed by atoms with E-state index in [0.29, 0.717) is 28.2 Å². The summed E-state index contributed by atoms with van der Waals surface area (Å²) in [5, 5.41) is 11.8. The van der Waals surface area contributed by atoms with E-state index in [1.807, 2.05) is 0 Å². The molecule has 0 bridgehead atoms. The van der Waals surface area contributed by atoms with E-state index in [1.165, 1.54) is 22.9 Å². The molecule has 0 aliphatic heterocycles. The number of nitrogens with zero attached hydrogens (tertiary/aromatic N) is 2. The first kappa shape index (κ1) is 18.5. The highest BCUT2D eigenvalue weighted by atomic mass is 35.5. The minimum Gasteiger partial charge on any atom is -0.416 e. The molecule has 0 radical (unpaired) electrons. The van der Waals surface area contributed by atoms with Gasteiger partial charge in [-0.3, -0.25) is 4.79 Å². The summed E-state index contributed by atoms with van der Waals surface area (Å²) >= 11 is 7.03. The fourth-order valence-electron chi connectivity index (χ4n) is 2.31. The largest absolute Gasteiger partial charge is 0.416 e. The molecule has 3 rings (SSSR count). The fraction of sp³-hybridized carbons (Fsp3) is 0.211. The molecule has 0 aliphatic carbocycles. The lowest BCUT2D eigenvalue weighted by Crippen LogP contribution is -2.13. The van der Waals surface area contributed by atoms with Crippen LogP contribution in [0.1, 0.15) is 22.6 Å². The Morgan fingerprint density at radius 1 is 1.12 bits per heavy atom. The van der Waals surface area contributed by atoms with Gasteiger partial charge in [0.2, 0.25) is 11.8 Å². The van der Waals surface area contributed by atoms with Crippen LogP contribution >= 0.6 is 23.4 Å². The molecule has 3 aromatic rings. The molecule has 1 N–H and O–H groups in total. The normalized spacial score (nSPS) is 10.7. The SMILES string of the molecule is Cc1ccc(Cc2nnc(SCC(=O)Nc3ccc(Cl)cc3)o2)cc1C. The average Bonchev–Trinajstić information content (AvgIpc) is 3.06. The predicted molar refractivity (Wildman–Crippen MR) is 104 cm³/mol. The van der Waals surface area contributed by atoms with Crippen molar-refractivity contribution in [2.75, 3.05) is 11.1 Å². The van der Waals surface area contributed by atoms with E-state index < -0.39 is 0 Å². The molecule has 26 heavy (non-hydrogen) atoms. The minimum absolute atomic E-state index is 0.147. The number of nitrogens with one attached hydrogen (secondary N) is 1. The van der Waals surface area contributed by atoms with Crippen LogP contribution in [0.2, 0.25) is 5.02 Å². The van der Waals surface area contributed by atoms with Crippen molar-refractivity contribution in [2.24, 2.45) is 0 Å². The monoisotopic (exact) mass is 387 g/mol. The van der Waals surface area contributed by atoms with Crippen LogP contribution in [0.5, 0.6) is 0 Å². The molecule has 0 saturated carbocycles. The Labute approximate surface area is 161 Å². The first-order chi connectivity index (χ1) is 12.5. The summed E-state index contributed by atoms with van der Waals surface area (Å²) in [6.45, 7) is 4.16. The molecular formula is C19H18ClN3O2S. The highest BCUT2D eigenvalue weighted by molar-refractivity contribution is 7.99. The maximum absolute atomic E-state index is 12.0. The van der Waals surface area contributed by atoms with E-state index in [1.54, 1.807) is 24.3 Å². The molecule has 0 unspecified atom stereocenters. The molecule has 0 atom stereocenters. The zero-order valence-electron chi connectivity index (χ0n) is 14.5. The molecule has 0 aliphatic rings. The summed E-state index contributed by atoms with van der Waals surface area (Å²) in [5.41, 5.74) is 4.30. The summed E-state index contributed by atoms with van der Waals surface area (Å²) in [6.07, 6.45) is 0.575. The van der Waals surface area contributed by atoms with Gasteiger partial charge in [0.05, 0.1) is 12.2 Å². The van der Waals surface area contributed by atoms with Crippen molar-refractivity contribution in [2.45, 2.75) is 25.5 Å². The van der Waals surface area contributed by atoms with E-state index in [9.17, 15) is 4.79 Å². The molecule has 0 spiro atoms. The molecular weight excluding hydrogens is 370 g/mol. The third kappa shape index (κ3) is 5.09. The maximum Gasteiger partial charge on any atom is 0.277 e. The number of carbonyl (C=O) groups excluding carboxylic acids is 1. The Morgan fingerprint density at radius 3 is 2.62 bits per heavy atom. The molecule has 134 valence electrons. The van der Waals surface area contributed by atoms with Crippen molar-refractivity contribution < 1.29 is 9.21 Å². The van der Waals surface area contributed by atoms with E-state index in [2.05, 4.69) is 47.6 Å². The Balaban J connectivity index is 1.52. The number of aryl methyl sites for hydroxylation is 2. The van der Waals surface area contributed by atoms with Gasteiger partial charge < -0.3 is 9.73 Å². The van der Waals surface area contributed by atoms with Crippen molar-refractivity contribution in [3.8, 4) is 0 Å². The summed E-state index contributed by atoms with van der Waals surface area (Å²) in [6, 6.07) is 13.2. The molecule has 1 amide bonds. The first-order valence-electron chi connectivity index (χ1n) is 8.06. The molecule has 1 heterocycles. The molecule has 2 aromatic carbocycles. The van der Waals surface area contributed by atoms with Crippen LogP contribution in [0.3, 0.4) is 0 Å². The number of carbonyl (C=O) groups is 1. The molecule has 7 heteroatoms. The number of anilines is 1. The number of hydrogen-bond acceptors (Lipinski definition) is 5. The van der Waals surface area contributed by atoms with Crippen LogP contribution < -0.4 is 5.32 Å². The van der Waals surface area contributed by atoms with Crippen molar-refractivity contribution in [1.82, 2.24) is 10.2 Å². The van der Waals surface area contributed by atoms with Gasteiger partial charge in [-0.25, -0.2) is 0 Å². The number of halogens is 1. The number of hydrogen-bond donors (Lipinski definition) is 1. The second kappa shape index (κ2) is 8.38.